The largest absolute Gasteiger partial charge is 0.488 e. The van der Waals surface area contributed by atoms with E-state index < -0.39 is 24.3 Å². The number of amides is 4. The molecule has 16 heteroatoms. The highest BCUT2D eigenvalue weighted by Gasteiger charge is 2.50. The van der Waals surface area contributed by atoms with Gasteiger partial charge in [0.25, 0.3) is 0 Å². The molecular weight excluding hydrogens is 817 g/mol. The van der Waals surface area contributed by atoms with Crippen molar-refractivity contribution in [3.8, 4) is 40.0 Å². The highest BCUT2D eigenvalue weighted by molar-refractivity contribution is 6.07. The van der Waals surface area contributed by atoms with E-state index in [2.05, 4.69) is 68.8 Å². The molecule has 4 N–H and O–H groups in total. The maximum atomic E-state index is 14.3. The molecule has 3 aromatic carbocycles. The van der Waals surface area contributed by atoms with Crippen LogP contribution in [-0.2, 0) is 30.4 Å². The van der Waals surface area contributed by atoms with Crippen LogP contribution in [0.3, 0.4) is 0 Å². The lowest BCUT2D eigenvalue weighted by molar-refractivity contribution is -0.138. The molecule has 7 unspecified atom stereocenters. The lowest BCUT2D eigenvalue weighted by Gasteiger charge is -2.34. The number of rotatable bonds is 9. The molecule has 0 spiro atoms. The van der Waals surface area contributed by atoms with Crippen molar-refractivity contribution >= 4 is 45.8 Å². The molecular formula is C48H52N8O8. The number of likely N-dealkylation sites (tertiary alicyclic amines) is 2. The average Bonchev–Trinajstić information content (AvgIpc) is 4.10. The third kappa shape index (κ3) is 7.15. The molecule has 4 aliphatic heterocycles. The van der Waals surface area contributed by atoms with E-state index in [4.69, 9.17) is 28.9 Å². The molecule has 5 aromatic rings. The summed E-state index contributed by atoms with van der Waals surface area (Å²) in [7, 11) is 2.59. The number of H-pyrrole nitrogens is 2. The summed E-state index contributed by atoms with van der Waals surface area (Å²) in [4.78, 5) is 73.6. The zero-order chi connectivity index (χ0) is 44.4. The van der Waals surface area contributed by atoms with Crippen LogP contribution in [0.25, 0.3) is 44.2 Å². The molecule has 1 aliphatic carbocycles. The first kappa shape index (κ1) is 41.4. The maximum absolute atomic E-state index is 14.3. The second-order valence-electron chi connectivity index (χ2n) is 18.0. The van der Waals surface area contributed by atoms with Crippen molar-refractivity contribution in [2.75, 3.05) is 34.0 Å². The number of aromatic amines is 2. The van der Waals surface area contributed by atoms with Crippen LogP contribution in [0.15, 0.2) is 48.7 Å². The minimum atomic E-state index is -0.750. The Hall–Kier alpha value is -6.60. The number of hydrogen-bond acceptors (Lipinski definition) is 10. The van der Waals surface area contributed by atoms with Gasteiger partial charge in [-0.3, -0.25) is 9.59 Å². The van der Waals surface area contributed by atoms with Crippen LogP contribution in [0.4, 0.5) is 9.59 Å². The fourth-order valence-corrected chi connectivity index (χ4v) is 10.4. The summed E-state index contributed by atoms with van der Waals surface area (Å²) in [5.41, 5.74) is 6.49. The van der Waals surface area contributed by atoms with Gasteiger partial charge in [-0.25, -0.2) is 19.6 Å². The number of aromatic nitrogens is 4. The van der Waals surface area contributed by atoms with Crippen LogP contribution < -0.4 is 15.4 Å². The van der Waals surface area contributed by atoms with E-state index in [1.54, 1.807) is 6.20 Å². The summed E-state index contributed by atoms with van der Waals surface area (Å²) in [5, 5.41) is 7.52. The van der Waals surface area contributed by atoms with Crippen molar-refractivity contribution in [1.82, 2.24) is 40.4 Å². The Morgan fingerprint density at radius 1 is 0.891 bits per heavy atom. The standard InChI is InChI=1S/C48H52N8O8/c1-24(2)39(53-47(59)61-4)46(58)56-25(3)6-13-37(56)43-50-35-12-9-27-19-34-31-10-7-28(18-30(31)23-64-38(34)20-33(27)41(35)52-43)36-21-49-44(51-36)42-32-11-8-29(32)22-55(42)45(57)40(54-48(60)62-5)26-14-16-63-17-15-26/h7,9-10,12,18-21,24-26,29,32,37,39-40,42H,6,13-17,22-23H2,1-5H3,(H,49,51)(H,50,52)(H,53,59)(H,54,60). The first-order chi connectivity index (χ1) is 31.0. The molecule has 6 heterocycles. The zero-order valence-electron chi connectivity index (χ0n) is 36.5. The van der Waals surface area contributed by atoms with Gasteiger partial charge in [0.15, 0.2) is 0 Å². The highest BCUT2D eigenvalue weighted by Crippen LogP contribution is 2.46. The second-order valence-corrected chi connectivity index (χ2v) is 18.0. The number of hydrogen-bond donors (Lipinski definition) is 4. The predicted molar refractivity (Wildman–Crippen MR) is 235 cm³/mol. The summed E-state index contributed by atoms with van der Waals surface area (Å²) in [6, 6.07) is 12.4. The van der Waals surface area contributed by atoms with Gasteiger partial charge in [0.2, 0.25) is 11.8 Å². The van der Waals surface area contributed by atoms with Crippen molar-refractivity contribution in [3.63, 3.8) is 0 Å². The van der Waals surface area contributed by atoms with E-state index in [1.807, 2.05) is 36.6 Å². The quantitative estimate of drug-likeness (QED) is 0.121. The molecule has 332 valence electrons. The minimum Gasteiger partial charge on any atom is -0.488 e. The molecule has 0 saturated carbocycles. The van der Waals surface area contributed by atoms with E-state index >= 15 is 0 Å². The van der Waals surface area contributed by atoms with Crippen LogP contribution in [-0.4, -0.2) is 106 Å². The Kier molecular flexibility index (Phi) is 10.7. The Balaban J connectivity index is 0.906. The van der Waals surface area contributed by atoms with Gasteiger partial charge in [-0.15, -0.1) is 0 Å². The van der Waals surface area contributed by atoms with E-state index in [-0.39, 0.29) is 53.6 Å². The Labute approximate surface area is 370 Å². The molecule has 7 atom stereocenters. The number of ether oxygens (including phenoxy) is 4. The molecule has 0 bridgehead atoms. The number of carbonyl (C=O) groups excluding carboxylic acids is 4. The van der Waals surface area contributed by atoms with Gasteiger partial charge in [0.05, 0.1) is 55.0 Å². The molecule has 10 rings (SSSR count). The smallest absolute Gasteiger partial charge is 0.407 e. The zero-order valence-corrected chi connectivity index (χ0v) is 36.5. The lowest BCUT2D eigenvalue weighted by Crippen LogP contribution is -2.53. The number of nitrogens with one attached hydrogen (secondary N) is 4. The molecule has 4 amide bonds. The third-order valence-corrected chi connectivity index (χ3v) is 13.9. The lowest BCUT2D eigenvalue weighted by atomic mass is 9.84. The normalized spacial score (nSPS) is 23.2. The SMILES string of the molecule is COC(=O)NC(C(=O)N1C(C)CCC1c1nc2c(ccc3cc4c(cc32)OCc2cc(-c3cnc(C5C6C#CC6CN5C(=O)C(NC(=O)OC)C5CCOCC5)[nH]3)ccc2-4)[nH]1)C(C)C. The van der Waals surface area contributed by atoms with Gasteiger partial charge in [0, 0.05) is 36.8 Å². The summed E-state index contributed by atoms with van der Waals surface area (Å²) in [6.07, 6.45) is 3.41. The molecule has 3 saturated heterocycles. The van der Waals surface area contributed by atoms with Crippen LogP contribution in [0.5, 0.6) is 5.75 Å². The van der Waals surface area contributed by atoms with E-state index in [1.165, 1.54) is 14.2 Å². The number of fused-ring (bicyclic) bond motifs is 7. The first-order valence-electron chi connectivity index (χ1n) is 22.2. The van der Waals surface area contributed by atoms with Crippen LogP contribution >= 0.6 is 0 Å². The van der Waals surface area contributed by atoms with Crippen molar-refractivity contribution in [2.24, 2.45) is 23.7 Å². The van der Waals surface area contributed by atoms with Gasteiger partial charge < -0.3 is 49.3 Å². The molecule has 0 radical (unpaired) electrons. The van der Waals surface area contributed by atoms with Gasteiger partial charge in [-0.05, 0) is 90.8 Å². The Morgan fingerprint density at radius 2 is 1.69 bits per heavy atom. The van der Waals surface area contributed by atoms with Gasteiger partial charge in [0.1, 0.15) is 42.1 Å². The topological polar surface area (TPSA) is 193 Å². The van der Waals surface area contributed by atoms with Crippen LogP contribution in [0, 0.1) is 35.5 Å². The van der Waals surface area contributed by atoms with Crippen LogP contribution in [0.1, 0.15) is 75.8 Å². The van der Waals surface area contributed by atoms with Crippen molar-refractivity contribution in [1.29, 1.82) is 0 Å². The maximum Gasteiger partial charge on any atom is 0.407 e. The Bertz CT molecular complexity index is 2750. The number of methoxy groups -OCH3 is 2. The van der Waals surface area contributed by atoms with E-state index in [9.17, 15) is 19.2 Å². The number of nitrogens with zero attached hydrogens (tertiary/aromatic N) is 4. The summed E-state index contributed by atoms with van der Waals surface area (Å²) in [5.74, 6) is 8.08. The first-order valence-corrected chi connectivity index (χ1v) is 22.2. The van der Waals surface area contributed by atoms with E-state index in [0.717, 1.165) is 68.3 Å². The fourth-order valence-electron chi connectivity index (χ4n) is 10.4. The van der Waals surface area contributed by atoms with Crippen molar-refractivity contribution < 1.29 is 38.1 Å². The minimum absolute atomic E-state index is 0.0312. The monoisotopic (exact) mass is 868 g/mol. The number of imidazole rings is 2. The van der Waals surface area contributed by atoms with Crippen LogP contribution in [0.2, 0.25) is 0 Å². The number of benzene rings is 3. The molecule has 5 aliphatic rings. The average molecular weight is 869 g/mol. The fraction of sp³-hybridized carbons (Fsp3) is 0.458. The van der Waals surface area contributed by atoms with E-state index in [0.29, 0.717) is 50.9 Å². The number of carbonyl (C=O) groups is 4. The third-order valence-electron chi connectivity index (χ3n) is 13.9. The second kappa shape index (κ2) is 16.5. The van der Waals surface area contributed by atoms with Gasteiger partial charge in [-0.2, -0.15) is 0 Å². The molecule has 2 aromatic heterocycles. The van der Waals surface area contributed by atoms with Crippen molar-refractivity contribution in [3.05, 3.63) is 65.9 Å². The van der Waals surface area contributed by atoms with Gasteiger partial charge >= 0.3 is 12.2 Å². The number of alkyl carbamates (subject to hydrolysis) is 2. The summed E-state index contributed by atoms with van der Waals surface area (Å²) in [6.45, 7) is 7.74. The summed E-state index contributed by atoms with van der Waals surface area (Å²) < 4.78 is 21.8. The molecule has 3 fully saturated rings. The highest BCUT2D eigenvalue weighted by atomic mass is 16.5. The predicted octanol–water partition coefficient (Wildman–Crippen LogP) is 6.38. The molecule has 16 nitrogen and oxygen atoms in total. The Morgan fingerprint density at radius 3 is 2.44 bits per heavy atom. The molecule has 64 heavy (non-hydrogen) atoms. The van der Waals surface area contributed by atoms with Gasteiger partial charge in [-0.1, -0.05) is 43.9 Å². The van der Waals surface area contributed by atoms with Crippen molar-refractivity contribution in [2.45, 2.75) is 83.3 Å². The summed E-state index contributed by atoms with van der Waals surface area (Å²) >= 11 is 0.